The molecule has 0 bridgehead atoms. The number of H-pyrrole nitrogens is 1. The number of nitrogens with zero attached hydrogens (tertiary/aromatic N) is 3. The summed E-state index contributed by atoms with van der Waals surface area (Å²) in [6.45, 7) is 0.191. The SMILES string of the molecule is CN(Cc1ncc[nH]1)C(=O)c1cc(F)cc([N+](=O)[O-])c1. The quantitative estimate of drug-likeness (QED) is 0.681. The number of imidazole rings is 1. The molecule has 2 rings (SSSR count). The Kier molecular flexibility index (Phi) is 3.74. The summed E-state index contributed by atoms with van der Waals surface area (Å²) < 4.78 is 13.3. The highest BCUT2D eigenvalue weighted by Gasteiger charge is 2.18. The van der Waals surface area contributed by atoms with E-state index in [1.807, 2.05) is 0 Å². The van der Waals surface area contributed by atoms with Gasteiger partial charge in [-0.15, -0.1) is 0 Å². The molecule has 0 fully saturated rings. The van der Waals surface area contributed by atoms with Crippen LogP contribution in [0.15, 0.2) is 30.6 Å². The predicted molar refractivity (Wildman–Crippen MR) is 67.4 cm³/mol. The largest absolute Gasteiger partial charge is 0.347 e. The summed E-state index contributed by atoms with van der Waals surface area (Å²) in [6, 6.07) is 2.78. The number of rotatable bonds is 4. The number of hydrogen-bond donors (Lipinski definition) is 1. The second kappa shape index (κ2) is 5.47. The van der Waals surface area contributed by atoms with Gasteiger partial charge in [-0.25, -0.2) is 9.37 Å². The smallest absolute Gasteiger partial charge is 0.273 e. The number of aromatic amines is 1. The lowest BCUT2D eigenvalue weighted by Crippen LogP contribution is -2.26. The van der Waals surface area contributed by atoms with Gasteiger partial charge >= 0.3 is 0 Å². The van der Waals surface area contributed by atoms with E-state index in [-0.39, 0.29) is 12.1 Å². The number of non-ortho nitro benzene ring substituents is 1. The second-order valence-electron chi connectivity index (χ2n) is 4.15. The summed E-state index contributed by atoms with van der Waals surface area (Å²) in [5, 5.41) is 10.7. The number of aromatic nitrogens is 2. The van der Waals surface area contributed by atoms with Crippen molar-refractivity contribution in [2.24, 2.45) is 0 Å². The maximum absolute atomic E-state index is 13.3. The van der Waals surface area contributed by atoms with E-state index in [1.54, 1.807) is 12.4 Å². The summed E-state index contributed by atoms with van der Waals surface area (Å²) in [4.78, 5) is 30.1. The summed E-state index contributed by atoms with van der Waals surface area (Å²) in [5.74, 6) is -0.787. The van der Waals surface area contributed by atoms with Gasteiger partial charge in [-0.1, -0.05) is 0 Å². The van der Waals surface area contributed by atoms with Crippen LogP contribution in [0.1, 0.15) is 16.2 Å². The average Bonchev–Trinajstić information content (AvgIpc) is 2.89. The van der Waals surface area contributed by atoms with E-state index < -0.39 is 22.3 Å². The van der Waals surface area contributed by atoms with Crippen LogP contribution in [0.25, 0.3) is 0 Å². The molecule has 0 aliphatic rings. The van der Waals surface area contributed by atoms with Gasteiger partial charge in [0.05, 0.1) is 17.5 Å². The molecular formula is C12H11FN4O3. The highest BCUT2D eigenvalue weighted by molar-refractivity contribution is 5.94. The molecule has 0 aliphatic heterocycles. The number of carbonyl (C=O) groups excluding carboxylic acids is 1. The van der Waals surface area contributed by atoms with E-state index in [1.165, 1.54) is 11.9 Å². The average molecular weight is 278 g/mol. The van der Waals surface area contributed by atoms with E-state index in [9.17, 15) is 19.3 Å². The minimum absolute atomic E-state index is 0.0780. The van der Waals surface area contributed by atoms with Crippen LogP contribution in [0.2, 0.25) is 0 Å². The number of amides is 1. The summed E-state index contributed by atoms with van der Waals surface area (Å²) in [5.41, 5.74) is -0.537. The molecule has 1 aromatic heterocycles. The Balaban J connectivity index is 2.22. The standard InChI is InChI=1S/C12H11FN4O3/c1-16(7-11-14-2-3-15-11)12(18)8-4-9(13)6-10(5-8)17(19)20/h2-6H,7H2,1H3,(H,14,15). The third-order valence-corrected chi connectivity index (χ3v) is 2.63. The lowest BCUT2D eigenvalue weighted by Gasteiger charge is -2.15. The molecule has 0 spiro atoms. The van der Waals surface area contributed by atoms with Crippen molar-refractivity contribution >= 4 is 11.6 Å². The fraction of sp³-hybridized carbons (Fsp3) is 0.167. The van der Waals surface area contributed by atoms with E-state index in [0.29, 0.717) is 5.82 Å². The number of nitrogens with one attached hydrogen (secondary N) is 1. The highest BCUT2D eigenvalue weighted by Crippen LogP contribution is 2.17. The Morgan fingerprint density at radius 2 is 2.25 bits per heavy atom. The van der Waals surface area contributed by atoms with Crippen molar-refractivity contribution in [2.45, 2.75) is 6.54 Å². The van der Waals surface area contributed by atoms with E-state index in [2.05, 4.69) is 9.97 Å². The molecule has 1 heterocycles. The fourth-order valence-electron chi connectivity index (χ4n) is 1.70. The number of nitro groups is 1. The monoisotopic (exact) mass is 278 g/mol. The van der Waals surface area contributed by atoms with Gasteiger partial charge in [0, 0.05) is 31.1 Å². The molecule has 0 aliphatic carbocycles. The summed E-state index contributed by atoms with van der Waals surface area (Å²) in [6.07, 6.45) is 3.15. The van der Waals surface area contributed by atoms with Crippen molar-refractivity contribution in [3.8, 4) is 0 Å². The van der Waals surface area contributed by atoms with Crippen molar-refractivity contribution in [2.75, 3.05) is 7.05 Å². The number of hydrogen-bond acceptors (Lipinski definition) is 4. The molecule has 8 heteroatoms. The van der Waals surface area contributed by atoms with Crippen LogP contribution in [-0.2, 0) is 6.54 Å². The molecule has 1 aromatic carbocycles. The zero-order valence-electron chi connectivity index (χ0n) is 10.5. The molecule has 2 aromatic rings. The molecule has 1 N–H and O–H groups in total. The van der Waals surface area contributed by atoms with Crippen molar-refractivity contribution < 1.29 is 14.1 Å². The molecule has 0 unspecified atom stereocenters. The van der Waals surface area contributed by atoms with E-state index in [4.69, 9.17) is 0 Å². The Morgan fingerprint density at radius 1 is 1.50 bits per heavy atom. The fourth-order valence-corrected chi connectivity index (χ4v) is 1.70. The Hall–Kier alpha value is -2.77. The topological polar surface area (TPSA) is 92.1 Å². The number of benzene rings is 1. The van der Waals surface area contributed by atoms with Crippen LogP contribution in [0.4, 0.5) is 10.1 Å². The molecule has 0 saturated carbocycles. The van der Waals surface area contributed by atoms with E-state index in [0.717, 1.165) is 18.2 Å². The van der Waals surface area contributed by atoms with Crippen LogP contribution in [-0.4, -0.2) is 32.7 Å². The van der Waals surface area contributed by atoms with Crippen LogP contribution in [0.3, 0.4) is 0 Å². The number of carbonyl (C=O) groups is 1. The molecular weight excluding hydrogens is 267 g/mol. The van der Waals surface area contributed by atoms with Crippen molar-refractivity contribution in [1.29, 1.82) is 0 Å². The Labute approximate surface area is 113 Å². The summed E-state index contributed by atoms with van der Waals surface area (Å²) in [7, 11) is 1.50. The lowest BCUT2D eigenvalue weighted by atomic mass is 10.1. The lowest BCUT2D eigenvalue weighted by molar-refractivity contribution is -0.385. The van der Waals surface area contributed by atoms with Gasteiger partial charge < -0.3 is 9.88 Å². The van der Waals surface area contributed by atoms with Crippen molar-refractivity contribution in [1.82, 2.24) is 14.9 Å². The molecule has 1 amide bonds. The van der Waals surface area contributed by atoms with Crippen LogP contribution in [0, 0.1) is 15.9 Å². The maximum Gasteiger partial charge on any atom is 0.273 e. The van der Waals surface area contributed by atoms with Gasteiger partial charge in [-0.3, -0.25) is 14.9 Å². The molecule has 0 saturated heterocycles. The number of nitro benzene ring substituents is 1. The van der Waals surface area contributed by atoms with Crippen molar-refractivity contribution in [3.63, 3.8) is 0 Å². The molecule has 104 valence electrons. The third-order valence-electron chi connectivity index (χ3n) is 2.63. The van der Waals surface area contributed by atoms with Gasteiger partial charge in [0.1, 0.15) is 11.6 Å². The zero-order chi connectivity index (χ0) is 14.7. The predicted octanol–water partition coefficient (Wildman–Crippen LogP) is 1.73. The van der Waals surface area contributed by atoms with Crippen LogP contribution < -0.4 is 0 Å². The second-order valence-corrected chi connectivity index (χ2v) is 4.15. The minimum atomic E-state index is -0.825. The Morgan fingerprint density at radius 3 is 2.85 bits per heavy atom. The van der Waals surface area contributed by atoms with Gasteiger partial charge in [0.25, 0.3) is 11.6 Å². The first-order valence-electron chi connectivity index (χ1n) is 5.66. The van der Waals surface area contributed by atoms with Crippen LogP contribution in [0.5, 0.6) is 0 Å². The normalized spacial score (nSPS) is 10.3. The molecule has 20 heavy (non-hydrogen) atoms. The third kappa shape index (κ3) is 2.97. The van der Waals surface area contributed by atoms with Crippen LogP contribution >= 0.6 is 0 Å². The summed E-state index contributed by atoms with van der Waals surface area (Å²) >= 11 is 0. The zero-order valence-corrected chi connectivity index (χ0v) is 10.5. The Bertz CT molecular complexity index is 642. The minimum Gasteiger partial charge on any atom is -0.347 e. The van der Waals surface area contributed by atoms with Gasteiger partial charge in [-0.05, 0) is 6.07 Å². The van der Waals surface area contributed by atoms with E-state index >= 15 is 0 Å². The maximum atomic E-state index is 13.3. The first-order valence-corrected chi connectivity index (χ1v) is 5.66. The first kappa shape index (κ1) is 13.7. The van der Waals surface area contributed by atoms with Crippen molar-refractivity contribution in [3.05, 3.63) is 57.9 Å². The number of halogens is 1. The molecule has 7 nitrogen and oxygen atoms in total. The van der Waals surface area contributed by atoms with Gasteiger partial charge in [0.15, 0.2) is 0 Å². The van der Waals surface area contributed by atoms with Gasteiger partial charge in [0.2, 0.25) is 0 Å². The molecule has 0 atom stereocenters. The highest BCUT2D eigenvalue weighted by atomic mass is 19.1. The van der Waals surface area contributed by atoms with Gasteiger partial charge in [-0.2, -0.15) is 0 Å². The first-order chi connectivity index (χ1) is 9.47. The molecule has 0 radical (unpaired) electrons.